The van der Waals surface area contributed by atoms with Gasteiger partial charge in [-0.2, -0.15) is 0 Å². The molecule has 0 aliphatic heterocycles. The summed E-state index contributed by atoms with van der Waals surface area (Å²) in [4.78, 5) is 4.32. The first-order valence-corrected chi connectivity index (χ1v) is 6.84. The van der Waals surface area contributed by atoms with Crippen LogP contribution < -0.4 is 5.73 Å². The molecule has 0 atom stereocenters. The molecule has 2 N–H and O–H groups in total. The topological polar surface area (TPSA) is 43.8 Å². The number of hydrogen-bond donors (Lipinski definition) is 1. The molecule has 1 aromatic heterocycles. The molecule has 0 aromatic carbocycles. The molecule has 0 spiro atoms. The Kier molecular flexibility index (Phi) is 3.87. The normalized spacial score (nSPS) is 19.1. The zero-order valence-electron chi connectivity index (χ0n) is 11.2. The van der Waals surface area contributed by atoms with Crippen molar-refractivity contribution in [3.05, 3.63) is 18.2 Å². The molecule has 1 aliphatic carbocycles. The molecule has 1 heterocycles. The minimum Gasteiger partial charge on any atom is -0.337 e. The van der Waals surface area contributed by atoms with Gasteiger partial charge < -0.3 is 10.3 Å². The molecule has 0 unspecified atom stereocenters. The molecular weight excluding hydrogens is 210 g/mol. The average Bonchev–Trinajstić information content (AvgIpc) is 2.87. The Labute approximate surface area is 104 Å². The van der Waals surface area contributed by atoms with Crippen LogP contribution in [0.3, 0.4) is 0 Å². The Hall–Kier alpha value is -0.830. The second-order valence-corrected chi connectivity index (χ2v) is 6.05. The van der Waals surface area contributed by atoms with Crippen LogP contribution in [-0.2, 0) is 13.1 Å². The predicted molar refractivity (Wildman–Crippen MR) is 70.5 cm³/mol. The molecular formula is C14H25N3. The van der Waals surface area contributed by atoms with Gasteiger partial charge in [0.05, 0.1) is 12.0 Å². The first-order valence-electron chi connectivity index (χ1n) is 6.84. The van der Waals surface area contributed by atoms with Crippen molar-refractivity contribution in [2.24, 2.45) is 17.1 Å². The Bertz CT molecular complexity index is 348. The largest absolute Gasteiger partial charge is 0.337 e. The number of rotatable bonds is 5. The number of hydrogen-bond acceptors (Lipinski definition) is 2. The minimum atomic E-state index is 0.515. The first-order chi connectivity index (χ1) is 8.13. The molecule has 1 aromatic rings. The van der Waals surface area contributed by atoms with Crippen LogP contribution in [0.15, 0.2) is 12.5 Å². The van der Waals surface area contributed by atoms with Crippen molar-refractivity contribution in [1.82, 2.24) is 9.55 Å². The summed E-state index contributed by atoms with van der Waals surface area (Å²) >= 11 is 0. The second-order valence-electron chi connectivity index (χ2n) is 6.05. The average molecular weight is 235 g/mol. The van der Waals surface area contributed by atoms with Gasteiger partial charge in [-0.1, -0.05) is 26.7 Å². The summed E-state index contributed by atoms with van der Waals surface area (Å²) < 4.78 is 2.25. The lowest BCUT2D eigenvalue weighted by atomic mass is 9.78. The van der Waals surface area contributed by atoms with E-state index in [0.717, 1.165) is 18.2 Å². The van der Waals surface area contributed by atoms with E-state index in [4.69, 9.17) is 5.73 Å². The smallest absolute Gasteiger partial charge is 0.0950 e. The highest BCUT2D eigenvalue weighted by molar-refractivity contribution is 4.97. The molecule has 3 heteroatoms. The van der Waals surface area contributed by atoms with Crippen LogP contribution in [0.25, 0.3) is 0 Å². The van der Waals surface area contributed by atoms with Gasteiger partial charge in [0, 0.05) is 19.3 Å². The quantitative estimate of drug-likeness (QED) is 0.852. The monoisotopic (exact) mass is 235 g/mol. The summed E-state index contributed by atoms with van der Waals surface area (Å²) in [6.45, 7) is 6.33. The Morgan fingerprint density at radius 1 is 1.41 bits per heavy atom. The molecule has 0 amide bonds. The molecule has 0 saturated heterocycles. The van der Waals surface area contributed by atoms with Crippen molar-refractivity contribution in [2.75, 3.05) is 0 Å². The Morgan fingerprint density at radius 2 is 2.12 bits per heavy atom. The van der Waals surface area contributed by atoms with E-state index >= 15 is 0 Å². The van der Waals surface area contributed by atoms with Crippen LogP contribution in [-0.4, -0.2) is 9.55 Å². The van der Waals surface area contributed by atoms with E-state index in [1.165, 1.54) is 32.1 Å². The van der Waals surface area contributed by atoms with Crippen LogP contribution in [0, 0.1) is 11.3 Å². The molecule has 17 heavy (non-hydrogen) atoms. The lowest BCUT2D eigenvalue weighted by Crippen LogP contribution is -2.25. The van der Waals surface area contributed by atoms with Gasteiger partial charge in [0.25, 0.3) is 0 Å². The van der Waals surface area contributed by atoms with Crippen LogP contribution >= 0.6 is 0 Å². The third-order valence-corrected chi connectivity index (χ3v) is 3.92. The minimum absolute atomic E-state index is 0.515. The SMILES string of the molecule is CC(C)CC1(Cn2cnc(CN)c2)CCCC1. The van der Waals surface area contributed by atoms with E-state index in [-0.39, 0.29) is 0 Å². The predicted octanol–water partition coefficient (Wildman–Crippen LogP) is 2.95. The fourth-order valence-corrected chi connectivity index (χ4v) is 3.40. The van der Waals surface area contributed by atoms with Crippen LogP contribution in [0.4, 0.5) is 0 Å². The zero-order chi connectivity index (χ0) is 12.3. The lowest BCUT2D eigenvalue weighted by molar-refractivity contribution is 0.197. The lowest BCUT2D eigenvalue weighted by Gasteiger charge is -2.31. The van der Waals surface area contributed by atoms with Crippen LogP contribution in [0.2, 0.25) is 0 Å². The van der Waals surface area contributed by atoms with Crippen LogP contribution in [0.1, 0.15) is 51.6 Å². The molecule has 96 valence electrons. The van der Waals surface area contributed by atoms with Gasteiger partial charge in [-0.05, 0) is 30.6 Å². The number of imidazole rings is 1. The zero-order valence-corrected chi connectivity index (χ0v) is 11.2. The van der Waals surface area contributed by atoms with Gasteiger partial charge >= 0.3 is 0 Å². The van der Waals surface area contributed by atoms with Gasteiger partial charge in [-0.25, -0.2) is 4.98 Å². The van der Waals surface area contributed by atoms with Gasteiger partial charge in [0.1, 0.15) is 0 Å². The molecule has 1 aliphatic rings. The summed E-state index contributed by atoms with van der Waals surface area (Å²) in [6, 6.07) is 0. The molecule has 0 radical (unpaired) electrons. The standard InChI is InChI=1S/C14H25N3/c1-12(2)7-14(5-3-4-6-14)10-17-9-13(8-15)16-11-17/h9,11-12H,3-8,10,15H2,1-2H3. The van der Waals surface area contributed by atoms with Gasteiger partial charge in [0.2, 0.25) is 0 Å². The van der Waals surface area contributed by atoms with Gasteiger partial charge in [0.15, 0.2) is 0 Å². The highest BCUT2D eigenvalue weighted by atomic mass is 15.0. The first kappa shape index (κ1) is 12.6. The van der Waals surface area contributed by atoms with E-state index in [1.54, 1.807) is 0 Å². The third kappa shape index (κ3) is 3.09. The summed E-state index contributed by atoms with van der Waals surface area (Å²) in [6.07, 6.45) is 10.9. The molecule has 1 saturated carbocycles. The fraction of sp³-hybridized carbons (Fsp3) is 0.786. The van der Waals surface area contributed by atoms with Gasteiger partial charge in [-0.3, -0.25) is 0 Å². The Balaban J connectivity index is 2.06. The summed E-state index contributed by atoms with van der Waals surface area (Å²) in [5, 5.41) is 0. The van der Waals surface area contributed by atoms with Crippen molar-refractivity contribution >= 4 is 0 Å². The maximum Gasteiger partial charge on any atom is 0.0950 e. The summed E-state index contributed by atoms with van der Waals surface area (Å²) in [7, 11) is 0. The van der Waals surface area contributed by atoms with Gasteiger partial charge in [-0.15, -0.1) is 0 Å². The van der Waals surface area contributed by atoms with E-state index < -0.39 is 0 Å². The second kappa shape index (κ2) is 5.21. The highest BCUT2D eigenvalue weighted by Gasteiger charge is 2.34. The maximum atomic E-state index is 5.61. The van der Waals surface area contributed by atoms with E-state index in [2.05, 4.69) is 29.6 Å². The van der Waals surface area contributed by atoms with Crippen molar-refractivity contribution < 1.29 is 0 Å². The number of aromatic nitrogens is 2. The Morgan fingerprint density at radius 3 is 2.65 bits per heavy atom. The van der Waals surface area contributed by atoms with Crippen molar-refractivity contribution in [3.8, 4) is 0 Å². The molecule has 1 fully saturated rings. The van der Waals surface area contributed by atoms with E-state index in [0.29, 0.717) is 12.0 Å². The summed E-state index contributed by atoms with van der Waals surface area (Å²) in [5.74, 6) is 0.783. The summed E-state index contributed by atoms with van der Waals surface area (Å²) in [5.41, 5.74) is 7.13. The van der Waals surface area contributed by atoms with Crippen molar-refractivity contribution in [2.45, 2.75) is 59.0 Å². The highest BCUT2D eigenvalue weighted by Crippen LogP contribution is 2.44. The molecule has 2 rings (SSSR count). The molecule has 0 bridgehead atoms. The third-order valence-electron chi connectivity index (χ3n) is 3.92. The number of nitrogens with zero attached hydrogens (tertiary/aromatic N) is 2. The van der Waals surface area contributed by atoms with E-state index in [9.17, 15) is 0 Å². The maximum absolute atomic E-state index is 5.61. The van der Waals surface area contributed by atoms with Crippen LogP contribution in [0.5, 0.6) is 0 Å². The van der Waals surface area contributed by atoms with E-state index in [1.807, 2.05) is 6.33 Å². The number of nitrogens with two attached hydrogens (primary N) is 1. The molecule has 3 nitrogen and oxygen atoms in total. The fourth-order valence-electron chi connectivity index (χ4n) is 3.40. The van der Waals surface area contributed by atoms with Crippen molar-refractivity contribution in [1.29, 1.82) is 0 Å². The van der Waals surface area contributed by atoms with Crippen molar-refractivity contribution in [3.63, 3.8) is 0 Å².